The molecule has 0 aliphatic carbocycles. The standard InChI is InChI=1S/C44H33N4O/c1-46-31-47(42-26-10-9-25-41(42)46)34-18-14-20-36(30-34)49-35-19-13-15-32(29-35)44(43-27-11-12-28-45-43)37-21-5-7-23-39(37)48(33-16-3-2-4-17-33)40-24-8-6-22-38(40)44/h2-31H,1H3/q+1. The van der Waals surface area contributed by atoms with E-state index >= 15 is 0 Å². The van der Waals surface area contributed by atoms with Crippen LogP contribution < -0.4 is 14.2 Å². The smallest absolute Gasteiger partial charge is 0.249 e. The molecule has 6 aromatic carbocycles. The third kappa shape index (κ3) is 4.62. The number of imidazole rings is 1. The molecule has 234 valence electrons. The minimum Gasteiger partial charge on any atom is -0.457 e. The number of fused-ring (bicyclic) bond motifs is 3. The number of para-hydroxylation sites is 5. The first-order valence-corrected chi connectivity index (χ1v) is 16.5. The Morgan fingerprint density at radius 3 is 1.96 bits per heavy atom. The lowest BCUT2D eigenvalue weighted by atomic mass is 9.64. The summed E-state index contributed by atoms with van der Waals surface area (Å²) in [6.07, 6.45) is 4.00. The second-order valence-electron chi connectivity index (χ2n) is 12.4. The van der Waals surface area contributed by atoms with Crippen LogP contribution in [0.5, 0.6) is 11.5 Å². The molecule has 8 aromatic rings. The third-order valence-electron chi connectivity index (χ3n) is 9.57. The number of rotatable bonds is 6. The van der Waals surface area contributed by atoms with E-state index < -0.39 is 5.41 Å². The Balaban J connectivity index is 1.21. The van der Waals surface area contributed by atoms with E-state index in [1.165, 1.54) is 5.52 Å². The van der Waals surface area contributed by atoms with Gasteiger partial charge < -0.3 is 9.64 Å². The highest BCUT2D eigenvalue weighted by Gasteiger charge is 2.47. The van der Waals surface area contributed by atoms with E-state index in [1.807, 2.05) is 30.5 Å². The second-order valence-corrected chi connectivity index (χ2v) is 12.4. The SMILES string of the molecule is C[n+]1cn(-c2cccc(Oc3cccc(C4(c5ccccn5)c5ccccc5N(c5ccccc5)c5ccccc54)c3)c2)c2ccccc21. The molecule has 5 heteroatoms. The van der Waals surface area contributed by atoms with Crippen molar-refractivity contribution in [2.45, 2.75) is 5.41 Å². The van der Waals surface area contributed by atoms with Gasteiger partial charge in [-0.25, -0.2) is 4.57 Å². The number of benzene rings is 6. The molecule has 0 unspecified atom stereocenters. The fraction of sp³-hybridized carbons (Fsp3) is 0.0455. The fourth-order valence-electron chi connectivity index (χ4n) is 7.52. The van der Waals surface area contributed by atoms with Gasteiger partial charge in [-0.2, -0.15) is 4.57 Å². The Kier molecular flexibility index (Phi) is 6.83. The lowest BCUT2D eigenvalue weighted by Gasteiger charge is -2.45. The summed E-state index contributed by atoms with van der Waals surface area (Å²) in [6, 6.07) is 59.4. The predicted octanol–water partition coefficient (Wildman–Crippen LogP) is 9.81. The number of aromatic nitrogens is 3. The summed E-state index contributed by atoms with van der Waals surface area (Å²) in [5, 5.41) is 0. The molecule has 0 saturated carbocycles. The number of pyridine rings is 1. The largest absolute Gasteiger partial charge is 0.457 e. The molecule has 49 heavy (non-hydrogen) atoms. The van der Waals surface area contributed by atoms with Gasteiger partial charge in [-0.05, 0) is 89.5 Å². The summed E-state index contributed by atoms with van der Waals surface area (Å²) < 4.78 is 11.0. The molecule has 0 N–H and O–H groups in total. The number of ether oxygens (including phenoxy) is 1. The van der Waals surface area contributed by atoms with Gasteiger partial charge in [0.25, 0.3) is 0 Å². The molecule has 0 radical (unpaired) electrons. The van der Waals surface area contributed by atoms with Gasteiger partial charge in [-0.3, -0.25) is 4.98 Å². The van der Waals surface area contributed by atoms with Gasteiger partial charge in [0.05, 0.1) is 29.5 Å². The van der Waals surface area contributed by atoms with Crippen LogP contribution in [0.2, 0.25) is 0 Å². The number of anilines is 3. The maximum atomic E-state index is 6.69. The van der Waals surface area contributed by atoms with Crippen molar-refractivity contribution in [2.24, 2.45) is 7.05 Å². The van der Waals surface area contributed by atoms with Crippen LogP contribution in [0.1, 0.15) is 22.4 Å². The molecule has 0 amide bonds. The molecule has 5 nitrogen and oxygen atoms in total. The van der Waals surface area contributed by atoms with Crippen molar-refractivity contribution in [1.29, 1.82) is 0 Å². The van der Waals surface area contributed by atoms with E-state index in [1.54, 1.807) is 0 Å². The molecule has 0 fully saturated rings. The Labute approximate surface area is 285 Å². The van der Waals surface area contributed by atoms with Gasteiger partial charge in [-0.15, -0.1) is 0 Å². The minimum absolute atomic E-state index is 0.709. The van der Waals surface area contributed by atoms with Gasteiger partial charge in [0.1, 0.15) is 17.2 Å². The molecule has 0 atom stereocenters. The minimum atomic E-state index is -0.709. The van der Waals surface area contributed by atoms with Crippen molar-refractivity contribution in [3.05, 3.63) is 205 Å². The number of aryl methyl sites for hydroxylation is 1. The highest BCUT2D eigenvalue weighted by atomic mass is 16.5. The van der Waals surface area contributed by atoms with Gasteiger partial charge in [0.15, 0.2) is 11.0 Å². The van der Waals surface area contributed by atoms with Crippen LogP contribution in [0, 0.1) is 0 Å². The van der Waals surface area contributed by atoms with Crippen LogP contribution in [0.25, 0.3) is 16.7 Å². The average Bonchev–Trinajstić information content (AvgIpc) is 3.51. The molecule has 0 spiro atoms. The second kappa shape index (κ2) is 11.7. The lowest BCUT2D eigenvalue weighted by Crippen LogP contribution is -2.38. The highest BCUT2D eigenvalue weighted by Crippen LogP contribution is 2.57. The summed E-state index contributed by atoms with van der Waals surface area (Å²) in [4.78, 5) is 7.43. The first-order valence-electron chi connectivity index (χ1n) is 16.5. The van der Waals surface area contributed by atoms with Crippen molar-refractivity contribution < 1.29 is 9.30 Å². The van der Waals surface area contributed by atoms with Crippen molar-refractivity contribution in [3.8, 4) is 17.2 Å². The van der Waals surface area contributed by atoms with Crippen LogP contribution in [0.3, 0.4) is 0 Å². The number of nitrogens with zero attached hydrogens (tertiary/aromatic N) is 4. The Bertz CT molecular complexity index is 2400. The molecule has 1 aliphatic rings. The van der Waals surface area contributed by atoms with Gasteiger partial charge in [0, 0.05) is 18.0 Å². The topological polar surface area (TPSA) is 34.2 Å². The van der Waals surface area contributed by atoms with Crippen LogP contribution >= 0.6 is 0 Å². The summed E-state index contributed by atoms with van der Waals surface area (Å²) in [6.45, 7) is 0. The summed E-state index contributed by atoms with van der Waals surface area (Å²) in [5.74, 6) is 1.52. The molecular formula is C44H33N4O+. The van der Waals surface area contributed by atoms with Crippen LogP contribution in [0.15, 0.2) is 182 Å². The quantitative estimate of drug-likeness (QED) is 0.171. The zero-order valence-electron chi connectivity index (χ0n) is 27.0. The number of hydrogen-bond donors (Lipinski definition) is 0. The van der Waals surface area contributed by atoms with Gasteiger partial charge in [-0.1, -0.05) is 91.0 Å². The van der Waals surface area contributed by atoms with Gasteiger partial charge in [0.2, 0.25) is 6.33 Å². The normalized spacial score (nSPS) is 13.1. The first kappa shape index (κ1) is 28.7. The molecule has 3 heterocycles. The first-order chi connectivity index (χ1) is 24.2. The maximum absolute atomic E-state index is 6.69. The van der Waals surface area contributed by atoms with Crippen molar-refractivity contribution in [1.82, 2.24) is 9.55 Å². The summed E-state index contributed by atoms with van der Waals surface area (Å²) >= 11 is 0. The fourth-order valence-corrected chi connectivity index (χ4v) is 7.52. The number of hydrogen-bond acceptors (Lipinski definition) is 3. The third-order valence-corrected chi connectivity index (χ3v) is 9.57. The van der Waals surface area contributed by atoms with E-state index in [-0.39, 0.29) is 0 Å². The summed E-state index contributed by atoms with van der Waals surface area (Å²) in [5.41, 5.74) is 10.3. The molecular weight excluding hydrogens is 601 g/mol. The Morgan fingerprint density at radius 2 is 1.20 bits per heavy atom. The van der Waals surface area contributed by atoms with E-state index in [2.05, 4.69) is 173 Å². The molecule has 0 bridgehead atoms. The van der Waals surface area contributed by atoms with Crippen LogP contribution in [-0.4, -0.2) is 9.55 Å². The highest BCUT2D eigenvalue weighted by molar-refractivity contribution is 5.89. The van der Waals surface area contributed by atoms with Crippen molar-refractivity contribution >= 4 is 28.1 Å². The zero-order valence-corrected chi connectivity index (χ0v) is 27.0. The molecule has 2 aromatic heterocycles. The van der Waals surface area contributed by atoms with E-state index in [9.17, 15) is 0 Å². The van der Waals surface area contributed by atoms with Crippen molar-refractivity contribution in [3.63, 3.8) is 0 Å². The monoisotopic (exact) mass is 633 g/mol. The Morgan fingerprint density at radius 1 is 0.571 bits per heavy atom. The van der Waals surface area contributed by atoms with Gasteiger partial charge >= 0.3 is 0 Å². The Hall–Kier alpha value is -6.46. The lowest BCUT2D eigenvalue weighted by molar-refractivity contribution is -0.645. The van der Waals surface area contributed by atoms with E-state index in [4.69, 9.17) is 9.72 Å². The van der Waals surface area contributed by atoms with Crippen molar-refractivity contribution in [2.75, 3.05) is 4.90 Å². The van der Waals surface area contributed by atoms with E-state index in [0.29, 0.717) is 0 Å². The predicted molar refractivity (Wildman–Crippen MR) is 195 cm³/mol. The average molecular weight is 634 g/mol. The molecule has 0 saturated heterocycles. The molecule has 9 rings (SSSR count). The summed E-state index contributed by atoms with van der Waals surface area (Å²) in [7, 11) is 2.07. The zero-order chi connectivity index (χ0) is 32.8. The van der Waals surface area contributed by atoms with E-state index in [0.717, 1.165) is 62.1 Å². The molecule has 1 aliphatic heterocycles. The van der Waals surface area contributed by atoms with Crippen LogP contribution in [0.4, 0.5) is 17.1 Å². The van der Waals surface area contributed by atoms with Crippen LogP contribution in [-0.2, 0) is 12.5 Å². The maximum Gasteiger partial charge on any atom is 0.249 e.